The Hall–Kier alpha value is -4.08. The molecule has 10 heteroatoms. The molecule has 0 aliphatic carbocycles. The molecule has 46 heavy (non-hydrogen) atoms. The summed E-state index contributed by atoms with van der Waals surface area (Å²) in [5.74, 6) is -0.603. The van der Waals surface area contributed by atoms with Crippen LogP contribution < -0.4 is 31.9 Å². The van der Waals surface area contributed by atoms with E-state index in [1.807, 2.05) is 46.2 Å². The number of nitrogens with zero attached hydrogens (tertiary/aromatic N) is 2. The molecule has 0 aromatic heterocycles. The Morgan fingerprint density at radius 2 is 0.848 bits per heavy atom. The number of nitrogens with two attached hydrogens (primary N) is 2. The first-order valence-electron chi connectivity index (χ1n) is 17.4. The second-order valence-corrected chi connectivity index (χ2v) is 12.1. The molecule has 0 heterocycles. The minimum Gasteiger partial charge on any atom is -0.370 e. The van der Waals surface area contributed by atoms with Crippen LogP contribution in [-0.4, -0.2) is 36.9 Å². The van der Waals surface area contributed by atoms with Gasteiger partial charge in [-0.1, -0.05) is 127 Å². The van der Waals surface area contributed by atoms with E-state index < -0.39 is 0 Å². The van der Waals surface area contributed by atoms with Crippen molar-refractivity contribution >= 4 is 35.2 Å². The van der Waals surface area contributed by atoms with Crippen LogP contribution in [0.15, 0.2) is 48.5 Å². The van der Waals surface area contributed by atoms with E-state index in [-0.39, 0.29) is 23.8 Å². The van der Waals surface area contributed by atoms with Gasteiger partial charge in [-0.05, 0) is 48.9 Å². The van der Waals surface area contributed by atoms with Crippen molar-refractivity contribution in [2.45, 2.75) is 117 Å². The Labute approximate surface area is 277 Å². The predicted octanol–water partition coefficient (Wildman–Crippen LogP) is 7.42. The van der Waals surface area contributed by atoms with Crippen molar-refractivity contribution < 1.29 is 0 Å². The van der Waals surface area contributed by atoms with E-state index in [4.69, 9.17) is 33.1 Å². The van der Waals surface area contributed by atoms with Gasteiger partial charge in [-0.25, -0.2) is 0 Å². The average molecular weight is 633 g/mol. The fourth-order valence-electron chi connectivity index (χ4n) is 5.81. The van der Waals surface area contributed by atoms with Crippen molar-refractivity contribution in [2.24, 2.45) is 11.5 Å². The maximum absolute atomic E-state index is 8.85. The molecule has 0 aliphatic rings. The van der Waals surface area contributed by atoms with Crippen molar-refractivity contribution in [2.75, 3.05) is 22.9 Å². The van der Waals surface area contributed by atoms with Gasteiger partial charge in [-0.2, -0.15) is 0 Å². The zero-order valence-electron chi connectivity index (χ0n) is 28.4. The molecule has 0 radical (unpaired) electrons. The van der Waals surface area contributed by atoms with Crippen molar-refractivity contribution in [3.8, 4) is 0 Å². The number of aryl methyl sites for hydroxylation is 2. The van der Waals surface area contributed by atoms with Gasteiger partial charge in [0.15, 0.2) is 11.9 Å². The standard InChI is InChI=1S/C36H60N10/c1-3-5-7-9-11-13-15-21-29-23-17-19-25-31(29)45(35(41)43-33(37)38)27-28-46(36(42)44-34(39)40)32-26-20-18-24-30(32)22-16-14-12-10-8-6-4-2/h17-20,23-26H,3-16,21-22,27-28H2,1-2H3,(H5,37,38,41,43)(H5,39,40,42,44). The molecule has 0 amide bonds. The molecule has 2 rings (SSSR count). The van der Waals surface area contributed by atoms with Gasteiger partial charge in [0.2, 0.25) is 11.9 Å². The van der Waals surface area contributed by atoms with E-state index in [1.54, 1.807) is 0 Å². The van der Waals surface area contributed by atoms with E-state index in [2.05, 4.69) is 36.6 Å². The van der Waals surface area contributed by atoms with E-state index in [1.165, 1.54) is 77.0 Å². The van der Waals surface area contributed by atoms with Gasteiger partial charge in [0.1, 0.15) is 0 Å². The highest BCUT2D eigenvalue weighted by Gasteiger charge is 2.21. The van der Waals surface area contributed by atoms with E-state index in [0.717, 1.165) is 48.2 Å². The molecule has 0 aliphatic heterocycles. The van der Waals surface area contributed by atoms with Gasteiger partial charge < -0.3 is 21.3 Å². The first kappa shape index (κ1) is 38.1. The highest BCUT2D eigenvalue weighted by Crippen LogP contribution is 2.26. The lowest BCUT2D eigenvalue weighted by Crippen LogP contribution is -2.52. The number of rotatable bonds is 21. The van der Waals surface area contributed by atoms with Gasteiger partial charge in [-0.15, -0.1) is 0 Å². The van der Waals surface area contributed by atoms with Crippen LogP contribution >= 0.6 is 0 Å². The van der Waals surface area contributed by atoms with Gasteiger partial charge in [0.05, 0.1) is 0 Å². The Balaban J connectivity index is 2.27. The average Bonchev–Trinajstić information content (AvgIpc) is 3.02. The van der Waals surface area contributed by atoms with E-state index in [9.17, 15) is 0 Å². The predicted molar refractivity (Wildman–Crippen MR) is 197 cm³/mol. The van der Waals surface area contributed by atoms with Gasteiger partial charge >= 0.3 is 0 Å². The highest BCUT2D eigenvalue weighted by molar-refractivity contribution is 6.05. The first-order valence-corrected chi connectivity index (χ1v) is 17.4. The SMILES string of the molecule is CCCCCCCCCc1ccccc1N(CCN(C(=N)NC(=N)N)c1ccccc1CCCCCCCCC)C(=N)NC(=N)N. The third kappa shape index (κ3) is 14.3. The van der Waals surface area contributed by atoms with Gasteiger partial charge in [-0.3, -0.25) is 32.3 Å². The molecule has 0 saturated carbocycles. The number of benzene rings is 2. The summed E-state index contributed by atoms with van der Waals surface area (Å²) in [6.45, 7) is 5.14. The maximum atomic E-state index is 8.85. The van der Waals surface area contributed by atoms with Gasteiger partial charge in [0, 0.05) is 24.5 Å². The fraction of sp³-hybridized carbons (Fsp3) is 0.556. The summed E-state index contributed by atoms with van der Waals surface area (Å²) >= 11 is 0. The summed E-state index contributed by atoms with van der Waals surface area (Å²) in [6, 6.07) is 16.2. The molecule has 0 atom stereocenters. The Kier molecular flexibility index (Phi) is 18.6. The van der Waals surface area contributed by atoms with Crippen LogP contribution in [0.1, 0.15) is 115 Å². The number of nitrogens with one attached hydrogen (secondary N) is 6. The van der Waals surface area contributed by atoms with Crippen LogP contribution in [0.3, 0.4) is 0 Å². The molecule has 0 saturated heterocycles. The van der Waals surface area contributed by atoms with Crippen molar-refractivity contribution in [1.82, 2.24) is 10.6 Å². The zero-order chi connectivity index (χ0) is 33.6. The monoisotopic (exact) mass is 633 g/mol. The molecule has 0 fully saturated rings. The molecular formula is C36H60N10. The minimum atomic E-state index is -0.303. The second-order valence-electron chi connectivity index (χ2n) is 12.1. The normalized spacial score (nSPS) is 10.7. The minimum absolute atomic E-state index is 0.00174. The van der Waals surface area contributed by atoms with Gasteiger partial charge in [0.25, 0.3) is 0 Å². The first-order chi connectivity index (χ1) is 22.3. The lowest BCUT2D eigenvalue weighted by Gasteiger charge is -2.32. The summed E-state index contributed by atoms with van der Waals surface area (Å²) in [4.78, 5) is 3.65. The molecule has 2 aromatic carbocycles. The summed E-state index contributed by atoms with van der Waals surface area (Å²) < 4.78 is 0. The number of para-hydroxylation sites is 2. The molecule has 0 bridgehead atoms. The smallest absolute Gasteiger partial charge is 0.202 e. The lowest BCUT2D eigenvalue weighted by atomic mass is 10.0. The van der Waals surface area contributed by atoms with E-state index in [0.29, 0.717) is 13.1 Å². The van der Waals surface area contributed by atoms with Crippen LogP contribution in [-0.2, 0) is 12.8 Å². The number of hydrogen-bond acceptors (Lipinski definition) is 4. The van der Waals surface area contributed by atoms with Crippen molar-refractivity contribution in [3.63, 3.8) is 0 Å². The zero-order valence-corrected chi connectivity index (χ0v) is 28.4. The number of hydrogen-bond donors (Lipinski definition) is 8. The highest BCUT2D eigenvalue weighted by atomic mass is 15.4. The Morgan fingerprint density at radius 3 is 1.20 bits per heavy atom. The quantitative estimate of drug-likeness (QED) is 0.0403. The molecule has 254 valence electrons. The molecule has 0 unspecified atom stereocenters. The van der Waals surface area contributed by atoms with Crippen molar-refractivity contribution in [3.05, 3.63) is 59.7 Å². The Bertz CT molecular complexity index is 1120. The van der Waals surface area contributed by atoms with Crippen LogP contribution in [0.25, 0.3) is 0 Å². The molecule has 2 aromatic rings. The maximum Gasteiger partial charge on any atom is 0.202 e. The topological polar surface area (TPSA) is 178 Å². The number of guanidine groups is 4. The molecule has 10 N–H and O–H groups in total. The largest absolute Gasteiger partial charge is 0.370 e. The molecular weight excluding hydrogens is 572 g/mol. The summed E-state index contributed by atoms with van der Waals surface area (Å²) in [7, 11) is 0. The van der Waals surface area contributed by atoms with Crippen LogP contribution in [0, 0.1) is 21.6 Å². The summed E-state index contributed by atoms with van der Waals surface area (Å²) in [6.07, 6.45) is 18.9. The van der Waals surface area contributed by atoms with E-state index >= 15 is 0 Å². The number of anilines is 2. The third-order valence-electron chi connectivity index (χ3n) is 8.26. The molecule has 0 spiro atoms. The lowest BCUT2D eigenvalue weighted by molar-refractivity contribution is 0.589. The second kappa shape index (κ2) is 22.4. The summed E-state index contributed by atoms with van der Waals surface area (Å²) in [5.41, 5.74) is 15.4. The van der Waals surface area contributed by atoms with Crippen LogP contribution in [0.4, 0.5) is 11.4 Å². The fourth-order valence-corrected chi connectivity index (χ4v) is 5.81. The van der Waals surface area contributed by atoms with Crippen molar-refractivity contribution in [1.29, 1.82) is 21.6 Å². The Morgan fingerprint density at radius 1 is 0.522 bits per heavy atom. The summed E-state index contributed by atoms with van der Waals surface area (Å²) in [5, 5.41) is 38.7. The molecule has 10 nitrogen and oxygen atoms in total. The number of unbranched alkanes of at least 4 members (excludes halogenated alkanes) is 12. The van der Waals surface area contributed by atoms with Crippen LogP contribution in [0.5, 0.6) is 0 Å². The van der Waals surface area contributed by atoms with Crippen LogP contribution in [0.2, 0.25) is 0 Å². The third-order valence-corrected chi connectivity index (χ3v) is 8.26.